The molecule has 0 saturated carbocycles. The van der Waals surface area contributed by atoms with Gasteiger partial charge in [-0.2, -0.15) is 4.31 Å². The highest BCUT2D eigenvalue weighted by Gasteiger charge is 2.28. The maximum Gasteiger partial charge on any atom is 0.243 e. The number of benzene rings is 2. The number of sulfonamides is 1. The number of rotatable bonds is 7. The molecule has 6 nitrogen and oxygen atoms in total. The van der Waals surface area contributed by atoms with E-state index in [-0.39, 0.29) is 17.2 Å². The van der Waals surface area contributed by atoms with Gasteiger partial charge in [-0.15, -0.1) is 11.3 Å². The zero-order valence-electron chi connectivity index (χ0n) is 18.5. The van der Waals surface area contributed by atoms with Gasteiger partial charge in [0.1, 0.15) is 5.01 Å². The molecule has 1 amide bonds. The number of carbonyl (C=O) groups excluding carboxylic acids is 1. The van der Waals surface area contributed by atoms with E-state index in [0.717, 1.165) is 27.5 Å². The van der Waals surface area contributed by atoms with E-state index < -0.39 is 10.0 Å². The number of carbonyl (C=O) groups is 1. The van der Waals surface area contributed by atoms with E-state index in [9.17, 15) is 13.2 Å². The van der Waals surface area contributed by atoms with Crippen LogP contribution in [0.2, 0.25) is 0 Å². The minimum absolute atomic E-state index is 0.0239. The zero-order valence-corrected chi connectivity index (χ0v) is 20.2. The first kappa shape index (κ1) is 22.6. The lowest BCUT2D eigenvalue weighted by Gasteiger charge is -2.20. The molecule has 0 bridgehead atoms. The Morgan fingerprint density at radius 1 is 1.16 bits per heavy atom. The van der Waals surface area contributed by atoms with Crippen molar-refractivity contribution in [2.45, 2.75) is 38.5 Å². The summed E-state index contributed by atoms with van der Waals surface area (Å²) in [6, 6.07) is 13.3. The van der Waals surface area contributed by atoms with Gasteiger partial charge in [-0.1, -0.05) is 37.6 Å². The molecule has 0 saturated heterocycles. The standard InChI is InChI=1S/C24H27N3O3S2/c1-4-26(5-2)32(29,30)21-9-10-22-18(14-21)11-12-27(22)23(28)15-20-16-31-24(25-20)19-8-6-7-17(3)13-19/h6-10,13-14,16H,4-5,11-12,15H2,1-3H3. The molecule has 8 heteroatoms. The Kier molecular flexibility index (Phi) is 6.46. The number of aromatic nitrogens is 1. The molecule has 0 fully saturated rings. The van der Waals surface area contributed by atoms with Crippen molar-refractivity contribution in [3.8, 4) is 10.6 Å². The van der Waals surface area contributed by atoms with Gasteiger partial charge in [0, 0.05) is 36.3 Å². The van der Waals surface area contributed by atoms with Crippen LogP contribution in [0.5, 0.6) is 0 Å². The van der Waals surface area contributed by atoms with Gasteiger partial charge in [-0.05, 0) is 43.2 Å². The third-order valence-electron chi connectivity index (χ3n) is 5.74. The summed E-state index contributed by atoms with van der Waals surface area (Å²) in [5.41, 5.74) is 4.67. The van der Waals surface area contributed by atoms with E-state index in [1.807, 2.05) is 44.4 Å². The smallest absolute Gasteiger partial charge is 0.243 e. The molecule has 4 rings (SSSR count). The summed E-state index contributed by atoms with van der Waals surface area (Å²) in [7, 11) is -3.51. The largest absolute Gasteiger partial charge is 0.311 e. The average molecular weight is 470 g/mol. The molecule has 168 valence electrons. The monoisotopic (exact) mass is 469 g/mol. The van der Waals surface area contributed by atoms with Gasteiger partial charge in [-0.3, -0.25) is 4.79 Å². The van der Waals surface area contributed by atoms with Gasteiger partial charge >= 0.3 is 0 Å². The van der Waals surface area contributed by atoms with Crippen LogP contribution in [0.4, 0.5) is 5.69 Å². The Morgan fingerprint density at radius 3 is 2.66 bits per heavy atom. The van der Waals surface area contributed by atoms with Crippen molar-refractivity contribution in [1.29, 1.82) is 0 Å². The highest BCUT2D eigenvalue weighted by atomic mass is 32.2. The van der Waals surface area contributed by atoms with Crippen LogP contribution < -0.4 is 4.90 Å². The van der Waals surface area contributed by atoms with Crippen molar-refractivity contribution in [2.75, 3.05) is 24.5 Å². The summed E-state index contributed by atoms with van der Waals surface area (Å²) in [5.74, 6) is -0.0239. The molecular formula is C24H27N3O3S2. The Bertz CT molecular complexity index is 1250. The molecular weight excluding hydrogens is 442 g/mol. The van der Waals surface area contributed by atoms with E-state index in [1.54, 1.807) is 23.1 Å². The number of aryl methyl sites for hydroxylation is 1. The van der Waals surface area contributed by atoms with Gasteiger partial charge in [0.25, 0.3) is 0 Å². The van der Waals surface area contributed by atoms with Gasteiger partial charge in [0.2, 0.25) is 15.9 Å². The fourth-order valence-electron chi connectivity index (χ4n) is 4.06. The molecule has 1 aliphatic heterocycles. The topological polar surface area (TPSA) is 70.6 Å². The van der Waals surface area contributed by atoms with Crippen LogP contribution in [-0.2, 0) is 27.7 Å². The second-order valence-electron chi connectivity index (χ2n) is 7.87. The molecule has 0 unspecified atom stereocenters. The summed E-state index contributed by atoms with van der Waals surface area (Å²) < 4.78 is 27.1. The van der Waals surface area contributed by atoms with Crippen LogP contribution in [-0.4, -0.2) is 43.2 Å². The van der Waals surface area contributed by atoms with Crippen molar-refractivity contribution in [3.05, 3.63) is 64.7 Å². The van der Waals surface area contributed by atoms with Crippen LogP contribution in [0.15, 0.2) is 52.7 Å². The van der Waals surface area contributed by atoms with Gasteiger partial charge in [0.05, 0.1) is 17.0 Å². The molecule has 0 spiro atoms. The summed E-state index contributed by atoms with van der Waals surface area (Å²) in [6.45, 7) is 7.12. The molecule has 0 N–H and O–H groups in total. The predicted molar refractivity (Wildman–Crippen MR) is 129 cm³/mol. The lowest BCUT2D eigenvalue weighted by molar-refractivity contribution is -0.117. The van der Waals surface area contributed by atoms with Crippen molar-refractivity contribution in [1.82, 2.24) is 9.29 Å². The maximum absolute atomic E-state index is 13.0. The normalized spacial score (nSPS) is 13.6. The van der Waals surface area contributed by atoms with Gasteiger partial charge < -0.3 is 4.90 Å². The number of hydrogen-bond acceptors (Lipinski definition) is 5. The highest BCUT2D eigenvalue weighted by Crippen LogP contribution is 2.32. The Morgan fingerprint density at radius 2 is 1.94 bits per heavy atom. The van der Waals surface area contributed by atoms with Gasteiger partial charge in [0.15, 0.2) is 0 Å². The third kappa shape index (κ3) is 4.35. The van der Waals surface area contributed by atoms with Crippen LogP contribution in [0.25, 0.3) is 10.6 Å². The molecule has 32 heavy (non-hydrogen) atoms. The average Bonchev–Trinajstić information content (AvgIpc) is 3.41. The number of anilines is 1. The zero-order chi connectivity index (χ0) is 22.9. The Labute approximate surface area is 193 Å². The molecule has 1 aliphatic rings. The Hall–Kier alpha value is -2.55. The Balaban J connectivity index is 1.51. The number of hydrogen-bond donors (Lipinski definition) is 0. The highest BCUT2D eigenvalue weighted by molar-refractivity contribution is 7.89. The van der Waals surface area contributed by atoms with Gasteiger partial charge in [-0.25, -0.2) is 13.4 Å². The number of nitrogens with zero attached hydrogens (tertiary/aromatic N) is 3. The van der Waals surface area contributed by atoms with E-state index in [4.69, 9.17) is 0 Å². The number of amides is 1. The third-order valence-corrected chi connectivity index (χ3v) is 8.73. The fourth-order valence-corrected chi connectivity index (χ4v) is 6.39. The summed E-state index contributed by atoms with van der Waals surface area (Å²) in [6.07, 6.45) is 0.871. The SMILES string of the molecule is CCN(CC)S(=O)(=O)c1ccc2c(c1)CCN2C(=O)Cc1csc(-c2cccc(C)c2)n1. The second kappa shape index (κ2) is 9.13. The lowest BCUT2D eigenvalue weighted by Crippen LogP contribution is -2.31. The second-order valence-corrected chi connectivity index (χ2v) is 10.7. The molecule has 3 aromatic rings. The predicted octanol–water partition coefficient (Wildman–Crippen LogP) is 4.28. The van der Waals surface area contributed by atoms with E-state index in [2.05, 4.69) is 11.1 Å². The van der Waals surface area contributed by atoms with Crippen LogP contribution >= 0.6 is 11.3 Å². The lowest BCUT2D eigenvalue weighted by atomic mass is 10.1. The van der Waals surface area contributed by atoms with Crippen molar-refractivity contribution < 1.29 is 13.2 Å². The minimum Gasteiger partial charge on any atom is -0.311 e. The summed E-state index contributed by atoms with van der Waals surface area (Å²) in [4.78, 5) is 19.7. The molecule has 2 aromatic carbocycles. The van der Waals surface area contributed by atoms with Crippen LogP contribution in [0, 0.1) is 6.92 Å². The number of fused-ring (bicyclic) bond motifs is 1. The first-order valence-corrected chi connectivity index (χ1v) is 13.1. The van der Waals surface area contributed by atoms with Crippen molar-refractivity contribution in [2.24, 2.45) is 0 Å². The molecule has 2 heterocycles. The molecule has 0 atom stereocenters. The van der Waals surface area contributed by atoms with E-state index >= 15 is 0 Å². The van der Waals surface area contributed by atoms with Crippen molar-refractivity contribution >= 4 is 33.0 Å². The van der Waals surface area contributed by atoms with Crippen LogP contribution in [0.3, 0.4) is 0 Å². The number of thiazole rings is 1. The fraction of sp³-hybridized carbons (Fsp3) is 0.333. The minimum atomic E-state index is -3.51. The quantitative estimate of drug-likeness (QED) is 0.518. The molecule has 0 radical (unpaired) electrons. The first-order chi connectivity index (χ1) is 15.3. The molecule has 0 aliphatic carbocycles. The summed E-state index contributed by atoms with van der Waals surface area (Å²) >= 11 is 1.54. The van der Waals surface area contributed by atoms with Crippen LogP contribution in [0.1, 0.15) is 30.7 Å². The maximum atomic E-state index is 13.0. The summed E-state index contributed by atoms with van der Waals surface area (Å²) in [5, 5.41) is 2.84. The first-order valence-electron chi connectivity index (χ1n) is 10.8. The van der Waals surface area contributed by atoms with E-state index in [0.29, 0.717) is 26.1 Å². The van der Waals surface area contributed by atoms with E-state index in [1.165, 1.54) is 21.2 Å². The van der Waals surface area contributed by atoms with Crippen molar-refractivity contribution in [3.63, 3.8) is 0 Å². The molecule has 1 aromatic heterocycles.